The largest absolute Gasteiger partial charge is 0.390 e. The van der Waals surface area contributed by atoms with E-state index in [9.17, 15) is 5.11 Å². The molecule has 5 atom stereocenters. The van der Waals surface area contributed by atoms with Gasteiger partial charge < -0.3 is 24.1 Å². The van der Waals surface area contributed by atoms with E-state index in [1.807, 2.05) is 84.9 Å². The molecule has 5 nitrogen and oxygen atoms in total. The van der Waals surface area contributed by atoms with Crippen LogP contribution in [0.3, 0.4) is 0 Å². The van der Waals surface area contributed by atoms with E-state index in [1.54, 1.807) is 0 Å². The van der Waals surface area contributed by atoms with Crippen molar-refractivity contribution in [3.63, 3.8) is 0 Å². The van der Waals surface area contributed by atoms with Crippen LogP contribution >= 0.6 is 0 Å². The summed E-state index contributed by atoms with van der Waals surface area (Å²) in [5.41, 5.74) is 3.28. The Morgan fingerprint density at radius 2 is 1.27 bits per heavy atom. The van der Waals surface area contributed by atoms with Crippen molar-refractivity contribution >= 4 is 0 Å². The lowest BCUT2D eigenvalue weighted by atomic mass is 9.99. The zero-order valence-electron chi connectivity index (χ0n) is 21.4. The van der Waals surface area contributed by atoms with E-state index >= 15 is 0 Å². The van der Waals surface area contributed by atoms with Gasteiger partial charge in [0.1, 0.15) is 18.3 Å². The van der Waals surface area contributed by atoms with Crippen molar-refractivity contribution in [3.05, 3.63) is 120 Å². The van der Waals surface area contributed by atoms with Crippen LogP contribution in [0.2, 0.25) is 0 Å². The average Bonchev–Trinajstić information content (AvgIpc) is 3.30. The summed E-state index contributed by atoms with van der Waals surface area (Å²) in [6.45, 7) is 5.72. The molecular weight excluding hydrogens is 464 g/mol. The highest BCUT2D eigenvalue weighted by Gasteiger charge is 2.48. The molecule has 1 heterocycles. The van der Waals surface area contributed by atoms with Crippen LogP contribution in [0.1, 0.15) is 36.0 Å². The molecule has 1 aliphatic rings. The number of ether oxygens (including phenoxy) is 4. The van der Waals surface area contributed by atoms with Crippen LogP contribution in [-0.4, -0.2) is 42.2 Å². The first-order valence-corrected chi connectivity index (χ1v) is 13.1. The van der Waals surface area contributed by atoms with E-state index in [4.69, 9.17) is 18.9 Å². The molecule has 0 radical (unpaired) electrons. The van der Waals surface area contributed by atoms with Gasteiger partial charge in [-0.15, -0.1) is 6.58 Å². The fourth-order valence-electron chi connectivity index (χ4n) is 4.64. The van der Waals surface area contributed by atoms with Gasteiger partial charge >= 0.3 is 0 Å². The molecule has 1 saturated heterocycles. The smallest absolute Gasteiger partial charge is 0.115 e. The molecule has 3 aromatic rings. The number of hydrogen-bond donors (Lipinski definition) is 1. The molecule has 0 aliphatic carbocycles. The second kappa shape index (κ2) is 14.8. The Kier molecular flexibility index (Phi) is 10.9. The van der Waals surface area contributed by atoms with Crippen molar-refractivity contribution in [1.29, 1.82) is 0 Å². The summed E-state index contributed by atoms with van der Waals surface area (Å²) in [5, 5.41) is 11.0. The molecule has 0 saturated carbocycles. The van der Waals surface area contributed by atoms with Gasteiger partial charge in [-0.3, -0.25) is 0 Å². The summed E-state index contributed by atoms with van der Waals surface area (Å²) in [7, 11) is 0. The van der Waals surface area contributed by atoms with Gasteiger partial charge in [0.25, 0.3) is 0 Å². The zero-order chi connectivity index (χ0) is 25.7. The van der Waals surface area contributed by atoms with Gasteiger partial charge in [-0.1, -0.05) is 97.1 Å². The predicted octanol–water partition coefficient (Wildman–Crippen LogP) is 5.86. The van der Waals surface area contributed by atoms with Crippen molar-refractivity contribution in [2.24, 2.45) is 0 Å². The first kappa shape index (κ1) is 27.2. The number of aliphatic hydroxyl groups excluding tert-OH is 1. The number of aliphatic hydroxyl groups is 1. The number of rotatable bonds is 15. The van der Waals surface area contributed by atoms with Crippen LogP contribution in [0.15, 0.2) is 104 Å². The van der Waals surface area contributed by atoms with Crippen LogP contribution in [0.5, 0.6) is 0 Å². The van der Waals surface area contributed by atoms with Crippen LogP contribution < -0.4 is 0 Å². The van der Waals surface area contributed by atoms with Crippen molar-refractivity contribution in [2.45, 2.75) is 69.6 Å². The predicted molar refractivity (Wildman–Crippen MR) is 145 cm³/mol. The molecule has 196 valence electrons. The van der Waals surface area contributed by atoms with Gasteiger partial charge in [-0.2, -0.15) is 0 Å². The highest BCUT2D eigenvalue weighted by molar-refractivity contribution is 5.15. The lowest BCUT2D eigenvalue weighted by Gasteiger charge is -2.27. The Morgan fingerprint density at radius 3 is 1.81 bits per heavy atom. The summed E-state index contributed by atoms with van der Waals surface area (Å²) in [4.78, 5) is 0. The van der Waals surface area contributed by atoms with Crippen LogP contribution in [0, 0.1) is 0 Å². The minimum atomic E-state index is -0.683. The molecular formula is C32H38O5. The van der Waals surface area contributed by atoms with Gasteiger partial charge in [0.15, 0.2) is 0 Å². The van der Waals surface area contributed by atoms with Gasteiger partial charge in [-0.05, 0) is 36.0 Å². The monoisotopic (exact) mass is 502 g/mol. The number of benzene rings is 3. The molecule has 1 N–H and O–H groups in total. The molecule has 3 aromatic carbocycles. The van der Waals surface area contributed by atoms with Crippen molar-refractivity contribution in [3.8, 4) is 0 Å². The maximum atomic E-state index is 11.0. The quantitative estimate of drug-likeness (QED) is 0.208. The van der Waals surface area contributed by atoms with Crippen molar-refractivity contribution in [1.82, 2.24) is 0 Å². The fourth-order valence-corrected chi connectivity index (χ4v) is 4.64. The first-order chi connectivity index (χ1) is 18.2. The average molecular weight is 503 g/mol. The van der Waals surface area contributed by atoms with Crippen LogP contribution in [0.25, 0.3) is 0 Å². The molecule has 0 amide bonds. The van der Waals surface area contributed by atoms with E-state index in [0.29, 0.717) is 45.7 Å². The molecule has 0 unspecified atom stereocenters. The fraction of sp³-hybridized carbons (Fsp3) is 0.375. The number of allylic oxidation sites excluding steroid dienone is 1. The second-order valence-electron chi connectivity index (χ2n) is 9.42. The standard InChI is InChI=1S/C32H38O5/c1-2-3-19-28(33)30-32(36-24-27-17-11-6-12-18-27)31(35-23-26-15-9-5-10-16-26)29(37-30)20-21-34-22-25-13-7-4-8-14-25/h2,4-18,28-33H,1,3,19-24H2/t28-,29+,30+,31-,32-/m0/s1. The third-order valence-electron chi connectivity index (χ3n) is 6.62. The molecule has 5 heteroatoms. The minimum absolute atomic E-state index is 0.261. The van der Waals surface area contributed by atoms with Crippen molar-refractivity contribution in [2.75, 3.05) is 6.61 Å². The van der Waals surface area contributed by atoms with Crippen LogP contribution in [0.4, 0.5) is 0 Å². The van der Waals surface area contributed by atoms with Gasteiger partial charge in [0, 0.05) is 6.61 Å². The summed E-state index contributed by atoms with van der Waals surface area (Å²) in [6, 6.07) is 30.3. The summed E-state index contributed by atoms with van der Waals surface area (Å²) < 4.78 is 25.3. The minimum Gasteiger partial charge on any atom is -0.390 e. The summed E-state index contributed by atoms with van der Waals surface area (Å²) >= 11 is 0. The highest BCUT2D eigenvalue weighted by Crippen LogP contribution is 2.33. The van der Waals surface area contributed by atoms with Gasteiger partial charge in [0.05, 0.1) is 32.0 Å². The number of hydrogen-bond acceptors (Lipinski definition) is 5. The van der Waals surface area contributed by atoms with E-state index in [1.165, 1.54) is 0 Å². The molecule has 0 spiro atoms. The molecule has 1 aliphatic heterocycles. The van der Waals surface area contributed by atoms with E-state index in [2.05, 4.69) is 18.7 Å². The summed E-state index contributed by atoms with van der Waals surface area (Å²) in [5.74, 6) is 0. The third-order valence-corrected chi connectivity index (χ3v) is 6.62. The summed E-state index contributed by atoms with van der Waals surface area (Å²) in [6.07, 6.45) is 1.52. The lowest BCUT2D eigenvalue weighted by molar-refractivity contribution is -0.101. The Bertz CT molecular complexity index is 1030. The van der Waals surface area contributed by atoms with E-state index < -0.39 is 18.3 Å². The Labute approximate surface area is 220 Å². The van der Waals surface area contributed by atoms with E-state index in [0.717, 1.165) is 16.7 Å². The maximum Gasteiger partial charge on any atom is 0.115 e. The second-order valence-corrected chi connectivity index (χ2v) is 9.42. The molecule has 0 bridgehead atoms. The lowest BCUT2D eigenvalue weighted by Crippen LogP contribution is -2.42. The SMILES string of the molecule is C=CCC[C@H](O)[C@H]1O[C@H](CCOCc2ccccc2)[C@H](OCc2ccccc2)[C@H]1OCc1ccccc1. The molecule has 1 fully saturated rings. The van der Waals surface area contributed by atoms with Crippen LogP contribution in [-0.2, 0) is 38.8 Å². The normalized spacial score (nSPS) is 22.1. The maximum absolute atomic E-state index is 11.0. The van der Waals surface area contributed by atoms with E-state index in [-0.39, 0.29) is 12.2 Å². The molecule has 0 aromatic heterocycles. The third kappa shape index (κ3) is 8.35. The van der Waals surface area contributed by atoms with Gasteiger partial charge in [0.2, 0.25) is 0 Å². The highest BCUT2D eigenvalue weighted by atomic mass is 16.6. The topological polar surface area (TPSA) is 57.2 Å². The zero-order valence-corrected chi connectivity index (χ0v) is 21.4. The Morgan fingerprint density at radius 1 is 0.757 bits per heavy atom. The van der Waals surface area contributed by atoms with Gasteiger partial charge in [-0.25, -0.2) is 0 Å². The Balaban J connectivity index is 1.46. The molecule has 4 rings (SSSR count). The van der Waals surface area contributed by atoms with Crippen molar-refractivity contribution < 1.29 is 24.1 Å². The first-order valence-electron chi connectivity index (χ1n) is 13.1. The molecule has 37 heavy (non-hydrogen) atoms. The Hall–Kier alpha value is -2.80.